The topological polar surface area (TPSA) is 78.9 Å². The van der Waals surface area contributed by atoms with Gasteiger partial charge in [-0.1, -0.05) is 43.2 Å². The lowest BCUT2D eigenvalue weighted by atomic mass is 10.1. The molecule has 0 aliphatic carbocycles. The van der Waals surface area contributed by atoms with Gasteiger partial charge in [-0.3, -0.25) is 0 Å². The Bertz CT molecular complexity index is 795. The molecule has 6 heteroatoms. The van der Waals surface area contributed by atoms with E-state index in [1.165, 1.54) is 5.56 Å². The largest absolute Gasteiger partial charge is 0.463 e. The molecule has 23 heavy (non-hydrogen) atoms. The molecule has 2 N–H and O–H groups in total. The number of rotatable bonds is 6. The Morgan fingerprint density at radius 3 is 2.70 bits per heavy atom. The van der Waals surface area contributed by atoms with Crippen molar-refractivity contribution in [2.75, 3.05) is 12.3 Å². The maximum atomic E-state index is 6.00. The third-order valence-electron chi connectivity index (χ3n) is 3.69. The highest BCUT2D eigenvalue weighted by Gasteiger charge is 2.12. The van der Waals surface area contributed by atoms with Crippen molar-refractivity contribution >= 4 is 16.9 Å². The van der Waals surface area contributed by atoms with Gasteiger partial charge in [0.25, 0.3) is 0 Å². The second-order valence-electron chi connectivity index (χ2n) is 5.62. The predicted molar refractivity (Wildman–Crippen MR) is 90.4 cm³/mol. The molecule has 2 aromatic heterocycles. The van der Waals surface area contributed by atoms with Crippen molar-refractivity contribution in [1.29, 1.82) is 0 Å². The van der Waals surface area contributed by atoms with Crippen molar-refractivity contribution in [2.24, 2.45) is 0 Å². The molecule has 2 heterocycles. The highest BCUT2D eigenvalue weighted by molar-refractivity contribution is 5.85. The van der Waals surface area contributed by atoms with Crippen LogP contribution in [-0.2, 0) is 6.54 Å². The number of benzene rings is 1. The van der Waals surface area contributed by atoms with Crippen molar-refractivity contribution in [3.8, 4) is 6.01 Å². The van der Waals surface area contributed by atoms with Gasteiger partial charge in [-0.25, -0.2) is 4.68 Å². The molecule has 3 rings (SSSR count). The molecule has 0 unspecified atom stereocenters. The fraction of sp³-hybridized carbons (Fsp3) is 0.353. The first kappa shape index (κ1) is 15.3. The Kier molecular flexibility index (Phi) is 4.41. The molecular weight excluding hydrogens is 290 g/mol. The first-order valence-corrected chi connectivity index (χ1v) is 7.84. The number of unbranched alkanes of at least 4 members (excludes halogenated alkanes) is 1. The van der Waals surface area contributed by atoms with Crippen LogP contribution in [0.1, 0.15) is 30.9 Å². The Morgan fingerprint density at radius 1 is 1.17 bits per heavy atom. The van der Waals surface area contributed by atoms with Gasteiger partial charge in [0, 0.05) is 0 Å². The average molecular weight is 311 g/mol. The Morgan fingerprint density at radius 2 is 1.96 bits per heavy atom. The third-order valence-corrected chi connectivity index (χ3v) is 3.69. The minimum Gasteiger partial charge on any atom is -0.463 e. The van der Waals surface area contributed by atoms with Crippen LogP contribution in [0.25, 0.3) is 11.0 Å². The van der Waals surface area contributed by atoms with Crippen LogP contribution >= 0.6 is 0 Å². The monoisotopic (exact) mass is 311 g/mol. The Balaban J connectivity index is 1.89. The summed E-state index contributed by atoms with van der Waals surface area (Å²) in [6, 6.07) is 8.67. The van der Waals surface area contributed by atoms with Gasteiger partial charge in [0.15, 0.2) is 5.65 Å². The maximum Gasteiger partial charge on any atom is 0.320 e. The van der Waals surface area contributed by atoms with Crippen LogP contribution in [0, 0.1) is 6.92 Å². The summed E-state index contributed by atoms with van der Waals surface area (Å²) in [7, 11) is 0. The SMILES string of the molecule is CCCCOc1nc(N)c2cnn(Cc3ccc(C)cc3)c2n1. The Hall–Kier alpha value is -2.63. The van der Waals surface area contributed by atoms with E-state index in [9.17, 15) is 0 Å². The Labute approximate surface area is 135 Å². The standard InChI is InChI=1S/C17H21N5O/c1-3-4-9-23-17-20-15(18)14-10-19-22(16(14)21-17)11-13-7-5-12(2)6-8-13/h5-8,10H,3-4,9,11H2,1-2H3,(H2,18,20,21). The third kappa shape index (κ3) is 3.41. The zero-order chi connectivity index (χ0) is 16.2. The zero-order valence-corrected chi connectivity index (χ0v) is 13.5. The second-order valence-corrected chi connectivity index (χ2v) is 5.62. The number of ether oxygens (including phenoxy) is 1. The maximum absolute atomic E-state index is 6.00. The summed E-state index contributed by atoms with van der Waals surface area (Å²) in [5.74, 6) is 0.400. The highest BCUT2D eigenvalue weighted by atomic mass is 16.5. The van der Waals surface area contributed by atoms with E-state index in [1.54, 1.807) is 6.20 Å². The summed E-state index contributed by atoms with van der Waals surface area (Å²) in [5.41, 5.74) is 9.09. The molecular formula is C17H21N5O. The van der Waals surface area contributed by atoms with Gasteiger partial charge in [-0.15, -0.1) is 0 Å². The van der Waals surface area contributed by atoms with Crippen LogP contribution < -0.4 is 10.5 Å². The normalized spacial score (nSPS) is 11.0. The second kappa shape index (κ2) is 6.64. The molecule has 0 aliphatic rings. The van der Waals surface area contributed by atoms with Gasteiger partial charge in [0.05, 0.1) is 24.7 Å². The minimum absolute atomic E-state index is 0.314. The molecule has 0 bridgehead atoms. The number of nitrogens with zero attached hydrogens (tertiary/aromatic N) is 4. The van der Waals surface area contributed by atoms with Crippen LogP contribution in [0.5, 0.6) is 6.01 Å². The van der Waals surface area contributed by atoms with Crippen LogP contribution in [-0.4, -0.2) is 26.4 Å². The van der Waals surface area contributed by atoms with Crippen molar-refractivity contribution in [3.05, 3.63) is 41.6 Å². The van der Waals surface area contributed by atoms with Gasteiger partial charge in [0.2, 0.25) is 0 Å². The summed E-state index contributed by atoms with van der Waals surface area (Å²) in [4.78, 5) is 8.66. The highest BCUT2D eigenvalue weighted by Crippen LogP contribution is 2.21. The molecule has 0 saturated heterocycles. The number of anilines is 1. The zero-order valence-electron chi connectivity index (χ0n) is 13.5. The predicted octanol–water partition coefficient (Wildman–Crippen LogP) is 2.94. The molecule has 120 valence electrons. The number of hydrogen-bond donors (Lipinski definition) is 1. The first-order valence-electron chi connectivity index (χ1n) is 7.84. The molecule has 0 atom stereocenters. The number of fused-ring (bicyclic) bond motifs is 1. The summed E-state index contributed by atoms with van der Waals surface area (Å²) < 4.78 is 7.41. The fourth-order valence-electron chi connectivity index (χ4n) is 2.31. The summed E-state index contributed by atoms with van der Waals surface area (Å²) in [6.07, 6.45) is 3.72. The number of aryl methyl sites for hydroxylation is 1. The summed E-state index contributed by atoms with van der Waals surface area (Å²) in [6.45, 7) is 5.40. The average Bonchev–Trinajstić information content (AvgIpc) is 2.93. The quantitative estimate of drug-likeness (QED) is 0.708. The van der Waals surface area contributed by atoms with E-state index in [1.807, 2.05) is 4.68 Å². The molecule has 0 fully saturated rings. The molecule has 0 spiro atoms. The van der Waals surface area contributed by atoms with Crippen molar-refractivity contribution in [2.45, 2.75) is 33.2 Å². The molecule has 0 saturated carbocycles. The van der Waals surface area contributed by atoms with Gasteiger partial charge in [-0.05, 0) is 18.9 Å². The first-order chi connectivity index (χ1) is 11.2. The molecule has 6 nitrogen and oxygen atoms in total. The molecule has 3 aromatic rings. The molecule has 0 radical (unpaired) electrons. The van der Waals surface area contributed by atoms with Crippen LogP contribution in [0.15, 0.2) is 30.5 Å². The van der Waals surface area contributed by atoms with Gasteiger partial charge in [0.1, 0.15) is 5.82 Å². The van der Waals surface area contributed by atoms with Gasteiger partial charge in [-0.2, -0.15) is 15.1 Å². The number of hydrogen-bond acceptors (Lipinski definition) is 5. The number of nitrogens with two attached hydrogens (primary N) is 1. The number of aromatic nitrogens is 4. The van der Waals surface area contributed by atoms with Crippen LogP contribution in [0.2, 0.25) is 0 Å². The fourth-order valence-corrected chi connectivity index (χ4v) is 2.31. The van der Waals surface area contributed by atoms with Gasteiger partial charge >= 0.3 is 6.01 Å². The lowest BCUT2D eigenvalue weighted by Gasteiger charge is -2.07. The van der Waals surface area contributed by atoms with Gasteiger partial charge < -0.3 is 10.5 Å². The van der Waals surface area contributed by atoms with E-state index >= 15 is 0 Å². The van der Waals surface area contributed by atoms with Crippen molar-refractivity contribution in [1.82, 2.24) is 19.7 Å². The van der Waals surface area contributed by atoms with E-state index in [0.29, 0.717) is 30.6 Å². The summed E-state index contributed by atoms with van der Waals surface area (Å²) in [5, 5.41) is 5.14. The van der Waals surface area contributed by atoms with E-state index in [2.05, 4.69) is 53.2 Å². The summed E-state index contributed by atoms with van der Waals surface area (Å²) >= 11 is 0. The van der Waals surface area contributed by atoms with E-state index < -0.39 is 0 Å². The van der Waals surface area contributed by atoms with E-state index in [-0.39, 0.29) is 0 Å². The molecule has 1 aromatic carbocycles. The van der Waals surface area contributed by atoms with Crippen LogP contribution in [0.3, 0.4) is 0 Å². The lowest BCUT2D eigenvalue weighted by molar-refractivity contribution is 0.286. The number of nitrogen functional groups attached to an aromatic ring is 1. The minimum atomic E-state index is 0.314. The van der Waals surface area contributed by atoms with Crippen molar-refractivity contribution < 1.29 is 4.74 Å². The lowest BCUT2D eigenvalue weighted by Crippen LogP contribution is -2.06. The molecule has 0 amide bonds. The van der Waals surface area contributed by atoms with Crippen molar-refractivity contribution in [3.63, 3.8) is 0 Å². The van der Waals surface area contributed by atoms with E-state index in [4.69, 9.17) is 10.5 Å². The van der Waals surface area contributed by atoms with Crippen LogP contribution in [0.4, 0.5) is 5.82 Å². The molecule has 0 aliphatic heterocycles. The van der Waals surface area contributed by atoms with E-state index in [0.717, 1.165) is 23.8 Å². The smallest absolute Gasteiger partial charge is 0.320 e.